The minimum Gasteiger partial charge on any atom is -0.309 e. The van der Waals surface area contributed by atoms with E-state index in [0.717, 1.165) is 15.6 Å². The number of carbonyl (C=O) groups is 1. The number of hydrogen-bond donors (Lipinski definition) is 1. The van der Waals surface area contributed by atoms with Crippen molar-refractivity contribution in [1.29, 1.82) is 0 Å². The van der Waals surface area contributed by atoms with Crippen molar-refractivity contribution in [2.24, 2.45) is 0 Å². The summed E-state index contributed by atoms with van der Waals surface area (Å²) in [6.45, 7) is 0. The molecule has 0 aliphatic rings. The molecule has 146 valence electrons. The van der Waals surface area contributed by atoms with Crippen LogP contribution < -0.4 is 5.32 Å². The Labute approximate surface area is 183 Å². The highest BCUT2D eigenvalue weighted by atomic mass is 79.9. The molecule has 1 amide bonds. The lowest BCUT2D eigenvalue weighted by atomic mass is 10.1. The van der Waals surface area contributed by atoms with Gasteiger partial charge in [-0.15, -0.1) is 22.9 Å². The van der Waals surface area contributed by atoms with Gasteiger partial charge >= 0.3 is 0 Å². The van der Waals surface area contributed by atoms with E-state index in [0.29, 0.717) is 22.3 Å². The molecule has 5 nitrogen and oxygen atoms in total. The predicted molar refractivity (Wildman–Crippen MR) is 117 cm³/mol. The van der Waals surface area contributed by atoms with Gasteiger partial charge in [-0.3, -0.25) is 4.79 Å². The number of nitrogens with zero attached hydrogens (tertiary/aromatic N) is 3. The minimum absolute atomic E-state index is 0.169. The fourth-order valence-corrected chi connectivity index (χ4v) is 3.80. The van der Waals surface area contributed by atoms with Gasteiger partial charge in [0, 0.05) is 27.0 Å². The Morgan fingerprint density at radius 3 is 2.45 bits per heavy atom. The third-order valence-electron chi connectivity index (χ3n) is 4.05. The van der Waals surface area contributed by atoms with Gasteiger partial charge in [-0.2, -0.15) is 9.78 Å². The highest BCUT2D eigenvalue weighted by Gasteiger charge is 2.16. The van der Waals surface area contributed by atoms with Gasteiger partial charge in [0.2, 0.25) is 11.0 Å². The first-order valence-corrected chi connectivity index (χ1v) is 10.7. The van der Waals surface area contributed by atoms with E-state index in [1.165, 1.54) is 23.5 Å². The second-order valence-corrected chi connectivity index (χ2v) is 8.06. The van der Waals surface area contributed by atoms with Crippen molar-refractivity contribution in [2.45, 2.75) is 0 Å². The Hall–Kier alpha value is -2.55. The van der Waals surface area contributed by atoms with Gasteiger partial charge in [0.25, 0.3) is 0 Å². The molecular formula is C20H13BrClFN4OS. The fraction of sp³-hybridized carbons (Fsp3) is 0.0500. The molecular weight excluding hydrogens is 479 g/mol. The first-order chi connectivity index (χ1) is 14.0. The molecule has 0 atom stereocenters. The molecule has 4 aromatic rings. The largest absolute Gasteiger partial charge is 0.309 e. The Balaban J connectivity index is 1.74. The van der Waals surface area contributed by atoms with Crippen molar-refractivity contribution in [3.63, 3.8) is 0 Å². The number of nitrogens with one attached hydrogen (secondary N) is 1. The first-order valence-electron chi connectivity index (χ1n) is 8.47. The maximum atomic E-state index is 13.2. The Morgan fingerprint density at radius 1 is 1.10 bits per heavy atom. The number of hydrogen-bond acceptors (Lipinski definition) is 4. The average molecular weight is 492 g/mol. The maximum absolute atomic E-state index is 13.2. The predicted octanol–water partition coefficient (Wildman–Crippen LogP) is 5.74. The van der Waals surface area contributed by atoms with E-state index in [9.17, 15) is 9.18 Å². The molecule has 0 radical (unpaired) electrons. The third-order valence-corrected chi connectivity index (χ3v) is 5.64. The summed E-state index contributed by atoms with van der Waals surface area (Å²) in [5.41, 5.74) is 3.06. The van der Waals surface area contributed by atoms with E-state index in [4.69, 9.17) is 11.6 Å². The Morgan fingerprint density at radius 2 is 1.76 bits per heavy atom. The molecule has 0 saturated heterocycles. The van der Waals surface area contributed by atoms with Gasteiger partial charge < -0.3 is 5.32 Å². The van der Waals surface area contributed by atoms with Crippen LogP contribution in [0.3, 0.4) is 0 Å². The number of thiazole rings is 1. The SMILES string of the molecule is O=C(CCl)Nc1cc(-c2ccc(Br)cc2)nn1-c1nc(-c2ccc(F)cc2)cs1. The van der Waals surface area contributed by atoms with Gasteiger partial charge in [0.05, 0.1) is 11.4 Å². The molecule has 2 heterocycles. The second-order valence-electron chi connectivity index (χ2n) is 6.04. The van der Waals surface area contributed by atoms with E-state index in [1.54, 1.807) is 22.9 Å². The molecule has 0 spiro atoms. The summed E-state index contributed by atoms with van der Waals surface area (Å²) in [5.74, 6) is -0.349. The highest BCUT2D eigenvalue weighted by molar-refractivity contribution is 9.10. The van der Waals surface area contributed by atoms with Crippen LogP contribution in [0.1, 0.15) is 0 Å². The molecule has 2 aromatic heterocycles. The van der Waals surface area contributed by atoms with E-state index >= 15 is 0 Å². The van der Waals surface area contributed by atoms with E-state index < -0.39 is 0 Å². The van der Waals surface area contributed by atoms with Gasteiger partial charge in [0.15, 0.2) is 0 Å². The zero-order valence-electron chi connectivity index (χ0n) is 14.8. The van der Waals surface area contributed by atoms with Crippen molar-refractivity contribution >= 4 is 50.6 Å². The van der Waals surface area contributed by atoms with E-state index in [1.807, 2.05) is 29.6 Å². The number of alkyl halides is 1. The molecule has 1 N–H and O–H groups in total. The zero-order chi connectivity index (χ0) is 20.4. The molecule has 0 unspecified atom stereocenters. The molecule has 0 aliphatic carbocycles. The van der Waals surface area contributed by atoms with Crippen molar-refractivity contribution in [3.8, 4) is 27.6 Å². The average Bonchev–Trinajstić information content (AvgIpc) is 3.36. The van der Waals surface area contributed by atoms with Crippen LogP contribution in [0.15, 0.2) is 64.5 Å². The molecule has 0 bridgehead atoms. The lowest BCUT2D eigenvalue weighted by molar-refractivity contribution is -0.114. The summed E-state index contributed by atoms with van der Waals surface area (Å²) < 4.78 is 15.7. The highest BCUT2D eigenvalue weighted by Crippen LogP contribution is 2.29. The Bertz CT molecular complexity index is 1160. The van der Waals surface area contributed by atoms with Crippen LogP contribution in [0.2, 0.25) is 0 Å². The molecule has 2 aromatic carbocycles. The maximum Gasteiger partial charge on any atom is 0.240 e. The summed E-state index contributed by atoms with van der Waals surface area (Å²) in [6, 6.07) is 15.6. The second kappa shape index (κ2) is 8.44. The Kier molecular flexibility index (Phi) is 5.75. The molecule has 0 saturated carbocycles. The van der Waals surface area contributed by atoms with Crippen LogP contribution in [0.25, 0.3) is 27.6 Å². The summed E-state index contributed by atoms with van der Waals surface area (Å²) in [5, 5.41) is 9.80. The number of rotatable bonds is 5. The summed E-state index contributed by atoms with van der Waals surface area (Å²) in [4.78, 5) is 16.5. The lowest BCUT2D eigenvalue weighted by Gasteiger charge is -2.04. The van der Waals surface area contributed by atoms with Gasteiger partial charge in [-0.1, -0.05) is 28.1 Å². The smallest absolute Gasteiger partial charge is 0.240 e. The van der Waals surface area contributed by atoms with Crippen molar-refractivity contribution in [1.82, 2.24) is 14.8 Å². The number of carbonyl (C=O) groups excluding carboxylic acids is 1. The van der Waals surface area contributed by atoms with Crippen molar-refractivity contribution in [2.75, 3.05) is 11.2 Å². The number of benzene rings is 2. The van der Waals surface area contributed by atoms with Crippen LogP contribution >= 0.6 is 38.9 Å². The monoisotopic (exact) mass is 490 g/mol. The summed E-state index contributed by atoms with van der Waals surface area (Å²) in [7, 11) is 0. The lowest BCUT2D eigenvalue weighted by Crippen LogP contribution is -2.15. The van der Waals surface area contributed by atoms with Crippen LogP contribution in [-0.2, 0) is 4.79 Å². The number of amides is 1. The summed E-state index contributed by atoms with van der Waals surface area (Å²) >= 11 is 10.4. The van der Waals surface area contributed by atoms with Crippen LogP contribution in [-0.4, -0.2) is 26.6 Å². The topological polar surface area (TPSA) is 59.8 Å². The normalized spacial score (nSPS) is 10.9. The van der Waals surface area contributed by atoms with Crippen molar-refractivity contribution in [3.05, 3.63) is 70.3 Å². The summed E-state index contributed by atoms with van der Waals surface area (Å²) in [6.07, 6.45) is 0. The van der Waals surface area contributed by atoms with Crippen LogP contribution in [0.4, 0.5) is 10.2 Å². The van der Waals surface area contributed by atoms with Gasteiger partial charge in [-0.25, -0.2) is 9.37 Å². The number of aromatic nitrogens is 3. The first kappa shape index (κ1) is 19.8. The standard InChI is InChI=1S/C20H13BrClFN4OS/c21-14-5-1-12(2-6-14)16-9-18(25-19(28)10-22)27(26-16)20-24-17(11-29-20)13-3-7-15(23)8-4-13/h1-9,11H,10H2,(H,25,28). The van der Waals surface area contributed by atoms with E-state index in [-0.39, 0.29) is 17.6 Å². The molecule has 29 heavy (non-hydrogen) atoms. The van der Waals surface area contributed by atoms with Crippen LogP contribution in [0, 0.1) is 5.82 Å². The van der Waals surface area contributed by atoms with Crippen LogP contribution in [0.5, 0.6) is 0 Å². The molecule has 0 fully saturated rings. The fourth-order valence-electron chi connectivity index (χ4n) is 2.67. The minimum atomic E-state index is -0.342. The number of halogens is 3. The van der Waals surface area contributed by atoms with Gasteiger partial charge in [0.1, 0.15) is 17.5 Å². The number of anilines is 1. The van der Waals surface area contributed by atoms with Crippen molar-refractivity contribution < 1.29 is 9.18 Å². The van der Waals surface area contributed by atoms with Gasteiger partial charge in [-0.05, 0) is 36.4 Å². The quantitative estimate of drug-likeness (QED) is 0.362. The zero-order valence-corrected chi connectivity index (χ0v) is 17.9. The van der Waals surface area contributed by atoms with E-state index in [2.05, 4.69) is 31.3 Å². The molecule has 0 aliphatic heterocycles. The third kappa shape index (κ3) is 4.39. The molecule has 9 heteroatoms. The molecule has 4 rings (SSSR count).